The van der Waals surface area contributed by atoms with Crippen molar-refractivity contribution in [3.05, 3.63) is 34.3 Å². The molecule has 1 aliphatic rings. The first-order valence-corrected chi connectivity index (χ1v) is 7.48. The summed E-state index contributed by atoms with van der Waals surface area (Å²) in [7, 11) is 1.83. The van der Waals surface area contributed by atoms with Crippen LogP contribution in [-0.4, -0.2) is 42.0 Å². The normalized spacial score (nSPS) is 19.4. The summed E-state index contributed by atoms with van der Waals surface area (Å²) in [6.45, 7) is 3.10. The Morgan fingerprint density at radius 2 is 1.95 bits per heavy atom. The summed E-state index contributed by atoms with van der Waals surface area (Å²) in [5, 5.41) is 1.86. The number of rotatable bonds is 1. The fraction of sp³-hybridized carbons (Fsp3) is 0.333. The molecule has 1 fully saturated rings. The molecule has 21 heavy (non-hydrogen) atoms. The van der Waals surface area contributed by atoms with E-state index in [1.165, 1.54) is 0 Å². The first-order chi connectivity index (χ1) is 9.97. The van der Waals surface area contributed by atoms with Crippen molar-refractivity contribution in [2.75, 3.05) is 25.0 Å². The van der Waals surface area contributed by atoms with Crippen LogP contribution in [0, 0.1) is 0 Å². The van der Waals surface area contributed by atoms with E-state index in [4.69, 9.17) is 23.2 Å². The van der Waals surface area contributed by atoms with E-state index in [9.17, 15) is 4.79 Å². The molecule has 0 aliphatic carbocycles. The smallest absolute Gasteiger partial charge is 0.242 e. The lowest BCUT2D eigenvalue weighted by molar-refractivity contribution is -0.131. The van der Waals surface area contributed by atoms with Crippen LogP contribution in [0.1, 0.15) is 6.92 Å². The predicted molar refractivity (Wildman–Crippen MR) is 86.2 cm³/mol. The first-order valence-electron chi connectivity index (χ1n) is 6.72. The number of carbonyl (C=O) groups is 1. The Kier molecular flexibility index (Phi) is 3.68. The van der Waals surface area contributed by atoms with E-state index in [2.05, 4.69) is 4.98 Å². The molecule has 1 atom stereocenters. The predicted octanol–water partition coefficient (Wildman–Crippen LogP) is 3.21. The Bertz CT molecular complexity index is 719. The Balaban J connectivity index is 2.01. The fourth-order valence-electron chi connectivity index (χ4n) is 2.50. The Hall–Kier alpha value is -1.52. The number of halogens is 2. The van der Waals surface area contributed by atoms with E-state index >= 15 is 0 Å². The number of pyridine rings is 1. The molecule has 0 bridgehead atoms. The highest BCUT2D eigenvalue weighted by Gasteiger charge is 2.27. The third kappa shape index (κ3) is 2.54. The largest absolute Gasteiger partial charge is 0.345 e. The molecule has 4 nitrogen and oxygen atoms in total. The van der Waals surface area contributed by atoms with Crippen molar-refractivity contribution in [3.8, 4) is 0 Å². The van der Waals surface area contributed by atoms with Crippen molar-refractivity contribution < 1.29 is 4.79 Å². The van der Waals surface area contributed by atoms with Crippen LogP contribution >= 0.6 is 23.2 Å². The molecule has 0 radical (unpaired) electrons. The molecule has 1 aromatic heterocycles. The zero-order valence-electron chi connectivity index (χ0n) is 11.8. The SMILES string of the molecule is CC1CN(c2ccc3ccc(Cl)c(Cl)c3n2)CC(=O)N1C. The van der Waals surface area contributed by atoms with E-state index in [1.807, 2.05) is 37.1 Å². The number of aromatic nitrogens is 1. The molecule has 0 saturated carbocycles. The van der Waals surface area contributed by atoms with Crippen LogP contribution in [0.5, 0.6) is 0 Å². The summed E-state index contributed by atoms with van der Waals surface area (Å²) in [4.78, 5) is 20.3. The van der Waals surface area contributed by atoms with Gasteiger partial charge in [-0.3, -0.25) is 4.79 Å². The highest BCUT2D eigenvalue weighted by atomic mass is 35.5. The Morgan fingerprint density at radius 3 is 2.67 bits per heavy atom. The molecule has 1 saturated heterocycles. The zero-order valence-corrected chi connectivity index (χ0v) is 13.3. The number of anilines is 1. The van der Waals surface area contributed by atoms with Crippen molar-refractivity contribution in [2.45, 2.75) is 13.0 Å². The molecule has 1 aromatic carbocycles. The second-order valence-electron chi connectivity index (χ2n) is 5.34. The van der Waals surface area contributed by atoms with Crippen LogP contribution < -0.4 is 4.90 Å². The number of likely N-dealkylation sites (N-methyl/N-ethyl adjacent to an activating group) is 1. The molecule has 110 valence electrons. The molecular formula is C15H15Cl2N3O. The molecule has 0 spiro atoms. The summed E-state index contributed by atoms with van der Waals surface area (Å²) in [6.07, 6.45) is 0. The standard InChI is InChI=1S/C15H15Cl2N3O/c1-9-7-20(8-13(21)19(9)2)12-6-4-10-3-5-11(16)14(17)15(10)18-12/h3-6,9H,7-8H2,1-2H3. The molecule has 1 amide bonds. The highest BCUT2D eigenvalue weighted by Crippen LogP contribution is 2.31. The van der Waals surface area contributed by atoms with Gasteiger partial charge in [-0.25, -0.2) is 4.98 Å². The Morgan fingerprint density at radius 1 is 1.24 bits per heavy atom. The lowest BCUT2D eigenvalue weighted by Gasteiger charge is -2.37. The summed E-state index contributed by atoms with van der Waals surface area (Å²) in [5.41, 5.74) is 0.667. The first kappa shape index (κ1) is 14.4. The van der Waals surface area contributed by atoms with Crippen LogP contribution in [-0.2, 0) is 4.79 Å². The molecule has 3 rings (SSSR count). The van der Waals surface area contributed by atoms with E-state index in [1.54, 1.807) is 11.0 Å². The van der Waals surface area contributed by atoms with Gasteiger partial charge < -0.3 is 9.80 Å². The molecule has 0 N–H and O–H groups in total. The minimum Gasteiger partial charge on any atom is -0.345 e. The number of hydrogen-bond acceptors (Lipinski definition) is 3. The minimum absolute atomic E-state index is 0.0906. The van der Waals surface area contributed by atoms with Gasteiger partial charge in [0.25, 0.3) is 0 Å². The van der Waals surface area contributed by atoms with Crippen molar-refractivity contribution in [1.82, 2.24) is 9.88 Å². The van der Waals surface area contributed by atoms with Gasteiger partial charge in [-0.1, -0.05) is 29.3 Å². The van der Waals surface area contributed by atoms with E-state index in [0.717, 1.165) is 17.7 Å². The van der Waals surface area contributed by atoms with Gasteiger partial charge >= 0.3 is 0 Å². The average molecular weight is 324 g/mol. The number of hydrogen-bond donors (Lipinski definition) is 0. The van der Waals surface area contributed by atoms with Gasteiger partial charge in [-0.15, -0.1) is 0 Å². The van der Waals surface area contributed by atoms with Crippen LogP contribution in [0.15, 0.2) is 24.3 Å². The van der Waals surface area contributed by atoms with Crippen molar-refractivity contribution in [1.29, 1.82) is 0 Å². The maximum Gasteiger partial charge on any atom is 0.242 e. The monoisotopic (exact) mass is 323 g/mol. The van der Waals surface area contributed by atoms with E-state index < -0.39 is 0 Å². The Labute approximate surface area is 133 Å². The summed E-state index contributed by atoms with van der Waals surface area (Å²) in [6, 6.07) is 7.66. The van der Waals surface area contributed by atoms with Crippen LogP contribution in [0.2, 0.25) is 10.0 Å². The number of benzene rings is 1. The van der Waals surface area contributed by atoms with E-state index in [-0.39, 0.29) is 11.9 Å². The molecule has 2 aromatic rings. The third-order valence-corrected chi connectivity index (χ3v) is 4.72. The van der Waals surface area contributed by atoms with Crippen LogP contribution in [0.25, 0.3) is 10.9 Å². The van der Waals surface area contributed by atoms with Gasteiger partial charge in [0.05, 0.1) is 22.1 Å². The molecule has 1 aliphatic heterocycles. The highest BCUT2D eigenvalue weighted by molar-refractivity contribution is 6.45. The second-order valence-corrected chi connectivity index (χ2v) is 6.12. The second kappa shape index (κ2) is 5.35. The van der Waals surface area contributed by atoms with Crippen molar-refractivity contribution >= 4 is 45.8 Å². The topological polar surface area (TPSA) is 36.4 Å². The lowest BCUT2D eigenvalue weighted by Crippen LogP contribution is -2.53. The van der Waals surface area contributed by atoms with Gasteiger partial charge in [0.1, 0.15) is 5.82 Å². The van der Waals surface area contributed by atoms with Crippen LogP contribution in [0.3, 0.4) is 0 Å². The number of piperazine rings is 1. The lowest BCUT2D eigenvalue weighted by atomic mass is 10.2. The maximum absolute atomic E-state index is 12.0. The van der Waals surface area contributed by atoms with Crippen molar-refractivity contribution in [2.24, 2.45) is 0 Å². The van der Waals surface area contributed by atoms with Gasteiger partial charge in [0.15, 0.2) is 0 Å². The fourth-order valence-corrected chi connectivity index (χ4v) is 2.86. The summed E-state index contributed by atoms with van der Waals surface area (Å²) < 4.78 is 0. The van der Waals surface area contributed by atoms with Gasteiger partial charge in [-0.2, -0.15) is 0 Å². The minimum atomic E-state index is 0.0906. The zero-order chi connectivity index (χ0) is 15.1. The molecule has 1 unspecified atom stereocenters. The maximum atomic E-state index is 12.0. The molecule has 2 heterocycles. The van der Waals surface area contributed by atoms with E-state index in [0.29, 0.717) is 22.1 Å². The number of carbonyl (C=O) groups excluding carboxylic acids is 1. The van der Waals surface area contributed by atoms with Gasteiger partial charge in [-0.05, 0) is 25.1 Å². The van der Waals surface area contributed by atoms with Gasteiger partial charge in [0.2, 0.25) is 5.91 Å². The molecule has 6 heteroatoms. The number of amides is 1. The summed E-state index contributed by atoms with van der Waals surface area (Å²) in [5.74, 6) is 0.841. The number of nitrogens with zero attached hydrogens (tertiary/aromatic N) is 3. The van der Waals surface area contributed by atoms with Crippen LogP contribution in [0.4, 0.5) is 5.82 Å². The molecular weight excluding hydrogens is 309 g/mol. The quantitative estimate of drug-likeness (QED) is 0.808. The average Bonchev–Trinajstić information content (AvgIpc) is 2.48. The van der Waals surface area contributed by atoms with Crippen molar-refractivity contribution in [3.63, 3.8) is 0 Å². The summed E-state index contributed by atoms with van der Waals surface area (Å²) >= 11 is 12.3. The third-order valence-electron chi connectivity index (χ3n) is 3.93. The van der Waals surface area contributed by atoms with Gasteiger partial charge in [0, 0.05) is 25.0 Å². The number of fused-ring (bicyclic) bond motifs is 1.